The Hall–Kier alpha value is -2.83. The Morgan fingerprint density at radius 1 is 0.913 bits per heavy atom. The molecule has 122 valence electrons. The molecular weight excluding hydrogens is 296 g/mol. The summed E-state index contributed by atoms with van der Waals surface area (Å²) in [6.45, 7) is 3.81. The minimum absolute atomic E-state index is 0.450. The highest BCUT2D eigenvalue weighted by Gasteiger charge is 2.12. The number of nitrogens with one attached hydrogen (secondary N) is 1. The van der Waals surface area contributed by atoms with Crippen LogP contribution in [-0.2, 0) is 0 Å². The molecule has 0 saturated heterocycles. The van der Waals surface area contributed by atoms with Crippen LogP contribution in [0.1, 0.15) is 17.0 Å². The summed E-state index contributed by atoms with van der Waals surface area (Å²) in [6.07, 6.45) is 1.63. The molecule has 0 amide bonds. The zero-order valence-corrected chi connectivity index (χ0v) is 13.9. The molecule has 7 nitrogen and oxygen atoms in total. The topological polar surface area (TPSA) is 77.9 Å². The van der Waals surface area contributed by atoms with E-state index >= 15 is 0 Å². The highest BCUT2D eigenvalue weighted by Crippen LogP contribution is 2.37. The van der Waals surface area contributed by atoms with Crippen molar-refractivity contribution in [3.63, 3.8) is 0 Å². The monoisotopic (exact) mass is 316 g/mol. The maximum atomic E-state index is 5.30. The van der Waals surface area contributed by atoms with Crippen LogP contribution in [0.3, 0.4) is 0 Å². The number of methoxy groups -OCH3 is 3. The lowest BCUT2D eigenvalue weighted by Gasteiger charge is -2.12. The Morgan fingerprint density at radius 3 is 1.96 bits per heavy atom. The summed E-state index contributed by atoms with van der Waals surface area (Å²) in [6, 6.07) is 5.50. The number of anilines is 1. The third-order valence-electron chi connectivity index (χ3n) is 3.05. The molecule has 1 heterocycles. The molecule has 1 N–H and O–H groups in total. The van der Waals surface area contributed by atoms with Crippen LogP contribution in [0.15, 0.2) is 23.3 Å². The summed E-state index contributed by atoms with van der Waals surface area (Å²) in [5.74, 6) is 2.12. The van der Waals surface area contributed by atoms with Crippen molar-refractivity contribution in [3.8, 4) is 17.2 Å². The van der Waals surface area contributed by atoms with Crippen LogP contribution in [-0.4, -0.2) is 37.5 Å². The molecule has 0 atom stereocenters. The number of benzene rings is 1. The van der Waals surface area contributed by atoms with Crippen LogP contribution in [0.4, 0.5) is 5.95 Å². The maximum Gasteiger partial charge on any atom is 0.243 e. The molecule has 23 heavy (non-hydrogen) atoms. The van der Waals surface area contributed by atoms with E-state index in [0.29, 0.717) is 23.2 Å². The van der Waals surface area contributed by atoms with Gasteiger partial charge in [0.1, 0.15) is 0 Å². The van der Waals surface area contributed by atoms with Crippen LogP contribution in [0.2, 0.25) is 0 Å². The Kier molecular flexibility index (Phi) is 5.35. The Bertz CT molecular complexity index is 671. The highest BCUT2D eigenvalue weighted by atomic mass is 16.5. The zero-order valence-electron chi connectivity index (χ0n) is 13.9. The maximum absolute atomic E-state index is 5.30. The number of rotatable bonds is 6. The van der Waals surface area contributed by atoms with E-state index in [2.05, 4.69) is 20.5 Å². The summed E-state index contributed by atoms with van der Waals surface area (Å²) in [7, 11) is 4.70. The van der Waals surface area contributed by atoms with Crippen molar-refractivity contribution in [2.75, 3.05) is 26.8 Å². The van der Waals surface area contributed by atoms with Crippen LogP contribution in [0.25, 0.3) is 0 Å². The first-order chi connectivity index (χ1) is 11.1. The van der Waals surface area contributed by atoms with Crippen molar-refractivity contribution < 1.29 is 14.2 Å². The molecule has 0 radical (unpaired) electrons. The van der Waals surface area contributed by atoms with E-state index < -0.39 is 0 Å². The molecule has 1 aromatic carbocycles. The molecule has 0 saturated carbocycles. The molecule has 0 aliphatic heterocycles. The van der Waals surface area contributed by atoms with Gasteiger partial charge in [0.2, 0.25) is 11.7 Å². The number of aryl methyl sites for hydroxylation is 2. The molecule has 0 unspecified atom stereocenters. The van der Waals surface area contributed by atoms with E-state index in [9.17, 15) is 0 Å². The van der Waals surface area contributed by atoms with Crippen molar-refractivity contribution in [1.29, 1.82) is 0 Å². The molecule has 1 aromatic heterocycles. The van der Waals surface area contributed by atoms with Crippen molar-refractivity contribution in [2.24, 2.45) is 5.10 Å². The Balaban J connectivity index is 2.22. The quantitative estimate of drug-likeness (QED) is 0.652. The first-order valence-corrected chi connectivity index (χ1v) is 6.98. The van der Waals surface area contributed by atoms with E-state index in [1.807, 2.05) is 19.9 Å². The highest BCUT2D eigenvalue weighted by molar-refractivity contribution is 5.82. The average Bonchev–Trinajstić information content (AvgIpc) is 2.52. The van der Waals surface area contributed by atoms with Gasteiger partial charge in [-0.3, -0.25) is 0 Å². The molecule has 0 bridgehead atoms. The van der Waals surface area contributed by atoms with Gasteiger partial charge in [0.05, 0.1) is 27.5 Å². The van der Waals surface area contributed by atoms with E-state index in [1.165, 1.54) is 0 Å². The first-order valence-electron chi connectivity index (χ1n) is 6.98. The second kappa shape index (κ2) is 7.44. The molecule has 0 aliphatic rings. The number of hydrogen-bond donors (Lipinski definition) is 1. The second-order valence-corrected chi connectivity index (χ2v) is 4.80. The fourth-order valence-electron chi connectivity index (χ4n) is 2.12. The molecule has 2 aromatic rings. The third kappa shape index (κ3) is 4.09. The fourth-order valence-corrected chi connectivity index (χ4v) is 2.12. The lowest BCUT2D eigenvalue weighted by atomic mass is 10.2. The largest absolute Gasteiger partial charge is 0.493 e. The lowest BCUT2D eigenvalue weighted by Crippen LogP contribution is -2.00. The normalized spacial score (nSPS) is 10.7. The standard InChI is InChI=1S/C16H20N4O3/c1-10-6-11(2)19-16(18-10)20-17-9-12-7-13(21-3)15(23-5)14(8-12)22-4/h6-9H,1-5H3,(H,18,19,20)/b17-9-. The molecule has 7 heteroatoms. The zero-order chi connectivity index (χ0) is 16.8. The van der Waals surface area contributed by atoms with Crippen molar-refractivity contribution in [3.05, 3.63) is 35.2 Å². The second-order valence-electron chi connectivity index (χ2n) is 4.80. The first kappa shape index (κ1) is 16.5. The number of aromatic nitrogens is 2. The van der Waals surface area contributed by atoms with E-state index in [-0.39, 0.29) is 0 Å². The predicted octanol–water partition coefficient (Wildman–Crippen LogP) is 2.57. The van der Waals surface area contributed by atoms with Gasteiger partial charge in [-0.1, -0.05) is 0 Å². The molecule has 2 rings (SSSR count). The van der Waals surface area contributed by atoms with Crippen molar-refractivity contribution >= 4 is 12.2 Å². The van der Waals surface area contributed by atoms with Crippen LogP contribution in [0, 0.1) is 13.8 Å². The Morgan fingerprint density at radius 2 is 1.48 bits per heavy atom. The fraction of sp³-hybridized carbons (Fsp3) is 0.312. The van der Waals surface area contributed by atoms with Crippen molar-refractivity contribution in [2.45, 2.75) is 13.8 Å². The number of ether oxygens (including phenoxy) is 3. The van der Waals surface area contributed by atoms with Gasteiger partial charge in [-0.05, 0) is 32.0 Å². The Labute approximate surface area is 135 Å². The molecule has 0 aliphatic carbocycles. The minimum atomic E-state index is 0.450. The van der Waals surface area contributed by atoms with Crippen LogP contribution in [0.5, 0.6) is 17.2 Å². The van der Waals surface area contributed by atoms with Crippen LogP contribution >= 0.6 is 0 Å². The smallest absolute Gasteiger partial charge is 0.243 e. The SMILES string of the molecule is COc1cc(/C=N\Nc2nc(C)cc(C)n2)cc(OC)c1OC. The van der Waals surface area contributed by atoms with Gasteiger partial charge in [0.25, 0.3) is 0 Å². The average molecular weight is 316 g/mol. The summed E-state index contributed by atoms with van der Waals surface area (Å²) in [5.41, 5.74) is 5.36. The number of nitrogens with zero attached hydrogens (tertiary/aromatic N) is 3. The van der Waals surface area contributed by atoms with Gasteiger partial charge in [-0.15, -0.1) is 0 Å². The molecule has 0 fully saturated rings. The van der Waals surface area contributed by atoms with Gasteiger partial charge in [-0.2, -0.15) is 5.10 Å². The number of hydrogen-bond acceptors (Lipinski definition) is 7. The summed E-state index contributed by atoms with van der Waals surface area (Å²) < 4.78 is 15.9. The lowest BCUT2D eigenvalue weighted by molar-refractivity contribution is 0.324. The van der Waals surface area contributed by atoms with Crippen molar-refractivity contribution in [1.82, 2.24) is 9.97 Å². The van der Waals surface area contributed by atoms with Gasteiger partial charge in [-0.25, -0.2) is 15.4 Å². The summed E-state index contributed by atoms with van der Waals surface area (Å²) >= 11 is 0. The number of hydrazone groups is 1. The van der Waals surface area contributed by atoms with E-state index in [0.717, 1.165) is 17.0 Å². The van der Waals surface area contributed by atoms with Gasteiger partial charge in [0, 0.05) is 17.0 Å². The predicted molar refractivity (Wildman–Crippen MR) is 88.8 cm³/mol. The van der Waals surface area contributed by atoms with Gasteiger partial charge in [0.15, 0.2) is 11.5 Å². The summed E-state index contributed by atoms with van der Waals surface area (Å²) in [4.78, 5) is 8.51. The molecular formula is C16H20N4O3. The van der Waals surface area contributed by atoms with Gasteiger partial charge >= 0.3 is 0 Å². The minimum Gasteiger partial charge on any atom is -0.493 e. The van der Waals surface area contributed by atoms with Gasteiger partial charge < -0.3 is 14.2 Å². The van der Waals surface area contributed by atoms with E-state index in [1.54, 1.807) is 39.7 Å². The summed E-state index contributed by atoms with van der Waals surface area (Å²) in [5, 5.41) is 4.15. The molecule has 0 spiro atoms. The van der Waals surface area contributed by atoms with Crippen LogP contribution < -0.4 is 19.6 Å². The van der Waals surface area contributed by atoms with E-state index in [4.69, 9.17) is 14.2 Å². The third-order valence-corrected chi connectivity index (χ3v) is 3.05.